The third-order valence-electron chi connectivity index (χ3n) is 4.11. The highest BCUT2D eigenvalue weighted by Gasteiger charge is 2.30. The van der Waals surface area contributed by atoms with Gasteiger partial charge in [-0.15, -0.1) is 0 Å². The maximum Gasteiger partial charge on any atom is 0.319 e. The summed E-state index contributed by atoms with van der Waals surface area (Å²) in [5.74, 6) is 0. The van der Waals surface area contributed by atoms with E-state index in [1.54, 1.807) is 0 Å². The average molecular weight is 275 g/mol. The summed E-state index contributed by atoms with van der Waals surface area (Å²) in [7, 11) is 0. The van der Waals surface area contributed by atoms with Gasteiger partial charge in [0.25, 0.3) is 0 Å². The normalized spacial score (nSPS) is 18.6. The molecule has 1 aliphatic rings. The molecule has 20 heavy (non-hydrogen) atoms. The van der Waals surface area contributed by atoms with Crippen molar-refractivity contribution >= 4 is 11.7 Å². The molecule has 4 N–H and O–H groups in total. The van der Waals surface area contributed by atoms with Gasteiger partial charge in [-0.2, -0.15) is 0 Å². The smallest absolute Gasteiger partial charge is 0.319 e. The molecule has 1 aromatic carbocycles. The molecule has 1 aliphatic carbocycles. The molecule has 2 amide bonds. The predicted octanol–water partition coefficient (Wildman–Crippen LogP) is 3.25. The number of benzene rings is 1. The molecule has 0 spiro atoms. The Labute approximate surface area is 121 Å². The fraction of sp³-hybridized carbons (Fsp3) is 0.562. The van der Waals surface area contributed by atoms with Crippen molar-refractivity contribution in [1.82, 2.24) is 5.32 Å². The van der Waals surface area contributed by atoms with Crippen LogP contribution < -0.4 is 16.4 Å². The number of carbonyl (C=O) groups excluding carboxylic acids is 1. The monoisotopic (exact) mass is 275 g/mol. The number of rotatable bonds is 3. The van der Waals surface area contributed by atoms with E-state index in [4.69, 9.17) is 5.73 Å². The zero-order valence-electron chi connectivity index (χ0n) is 12.0. The predicted molar refractivity (Wildman–Crippen MR) is 82.7 cm³/mol. The van der Waals surface area contributed by atoms with Gasteiger partial charge >= 0.3 is 6.03 Å². The number of nitrogens with one attached hydrogen (secondary N) is 2. The van der Waals surface area contributed by atoms with Crippen LogP contribution in [0.15, 0.2) is 30.3 Å². The molecule has 0 radical (unpaired) electrons. The minimum atomic E-state index is -0.237. The van der Waals surface area contributed by atoms with E-state index in [0.717, 1.165) is 31.4 Å². The number of hydrogen-bond donors (Lipinski definition) is 3. The lowest BCUT2D eigenvalue weighted by molar-refractivity contribution is 0.222. The first-order valence-corrected chi connectivity index (χ1v) is 7.58. The van der Waals surface area contributed by atoms with Crippen molar-refractivity contribution in [3.63, 3.8) is 0 Å². The minimum absolute atomic E-state index is 0.151. The Bertz CT molecular complexity index is 411. The van der Waals surface area contributed by atoms with Crippen molar-refractivity contribution in [3.8, 4) is 0 Å². The molecule has 0 saturated heterocycles. The van der Waals surface area contributed by atoms with Gasteiger partial charge in [0, 0.05) is 12.2 Å². The molecule has 0 aliphatic heterocycles. The number of nitrogens with two attached hydrogens (primary N) is 1. The standard InChI is InChI=1S/C16H25N3O/c17-13-16(11-7-2-1-3-8-12-16)19-15(20)18-14-9-5-4-6-10-14/h4-6,9-10H,1-3,7-8,11-13,17H2,(H2,18,19,20). The van der Waals surface area contributed by atoms with E-state index in [1.165, 1.54) is 19.3 Å². The lowest BCUT2D eigenvalue weighted by Crippen LogP contribution is -2.55. The Hall–Kier alpha value is -1.55. The largest absolute Gasteiger partial charge is 0.331 e. The molecule has 0 heterocycles. The van der Waals surface area contributed by atoms with E-state index >= 15 is 0 Å². The second kappa shape index (κ2) is 7.29. The molecule has 110 valence electrons. The second-order valence-electron chi connectivity index (χ2n) is 5.70. The molecular formula is C16H25N3O. The number of anilines is 1. The van der Waals surface area contributed by atoms with Gasteiger partial charge in [0.1, 0.15) is 0 Å². The molecule has 1 aromatic rings. The van der Waals surface area contributed by atoms with E-state index in [0.29, 0.717) is 6.54 Å². The zero-order valence-corrected chi connectivity index (χ0v) is 12.0. The zero-order chi connectivity index (χ0) is 14.3. The molecule has 2 rings (SSSR count). The number of para-hydroxylation sites is 1. The maximum atomic E-state index is 12.2. The van der Waals surface area contributed by atoms with Gasteiger partial charge in [-0.3, -0.25) is 0 Å². The maximum absolute atomic E-state index is 12.2. The molecule has 0 unspecified atom stereocenters. The highest BCUT2D eigenvalue weighted by atomic mass is 16.2. The number of carbonyl (C=O) groups is 1. The van der Waals surface area contributed by atoms with Crippen molar-refractivity contribution in [1.29, 1.82) is 0 Å². The van der Waals surface area contributed by atoms with E-state index in [-0.39, 0.29) is 11.6 Å². The number of urea groups is 1. The lowest BCUT2D eigenvalue weighted by Gasteiger charge is -2.35. The van der Waals surface area contributed by atoms with E-state index in [1.807, 2.05) is 30.3 Å². The lowest BCUT2D eigenvalue weighted by atomic mass is 9.84. The number of hydrogen-bond acceptors (Lipinski definition) is 2. The summed E-state index contributed by atoms with van der Waals surface area (Å²) in [5.41, 5.74) is 6.53. The highest BCUT2D eigenvalue weighted by Crippen LogP contribution is 2.25. The molecule has 4 heteroatoms. The molecule has 0 bridgehead atoms. The fourth-order valence-electron chi connectivity index (χ4n) is 2.89. The second-order valence-corrected chi connectivity index (χ2v) is 5.70. The van der Waals surface area contributed by atoms with Gasteiger partial charge < -0.3 is 16.4 Å². The Kier molecular flexibility index (Phi) is 5.41. The Morgan fingerprint density at radius 1 is 1.05 bits per heavy atom. The Balaban J connectivity index is 1.95. The molecule has 4 nitrogen and oxygen atoms in total. The van der Waals surface area contributed by atoms with E-state index < -0.39 is 0 Å². The summed E-state index contributed by atoms with van der Waals surface area (Å²) in [6, 6.07) is 9.36. The van der Waals surface area contributed by atoms with Gasteiger partial charge in [-0.1, -0.05) is 50.3 Å². The van der Waals surface area contributed by atoms with Gasteiger partial charge in [-0.05, 0) is 25.0 Å². The van der Waals surface area contributed by atoms with Crippen LogP contribution in [0.25, 0.3) is 0 Å². The third kappa shape index (κ3) is 4.23. The van der Waals surface area contributed by atoms with E-state index in [9.17, 15) is 4.79 Å². The van der Waals surface area contributed by atoms with Crippen molar-refractivity contribution in [3.05, 3.63) is 30.3 Å². The topological polar surface area (TPSA) is 67.1 Å². The fourth-order valence-corrected chi connectivity index (χ4v) is 2.89. The average Bonchev–Trinajstić information content (AvgIpc) is 2.43. The van der Waals surface area contributed by atoms with Crippen LogP contribution >= 0.6 is 0 Å². The summed E-state index contributed by atoms with van der Waals surface area (Å²) in [6.07, 6.45) is 8.02. The molecular weight excluding hydrogens is 250 g/mol. The molecule has 1 saturated carbocycles. The molecule has 0 aromatic heterocycles. The third-order valence-corrected chi connectivity index (χ3v) is 4.11. The summed E-state index contributed by atoms with van der Waals surface area (Å²) in [4.78, 5) is 12.2. The van der Waals surface area contributed by atoms with Crippen LogP contribution in [-0.2, 0) is 0 Å². The SMILES string of the molecule is NCC1(NC(=O)Nc2ccccc2)CCCCCCC1. The van der Waals surface area contributed by atoms with Crippen LogP contribution in [0.3, 0.4) is 0 Å². The van der Waals surface area contributed by atoms with Gasteiger partial charge in [0.2, 0.25) is 0 Å². The first-order valence-electron chi connectivity index (χ1n) is 7.58. The van der Waals surface area contributed by atoms with Gasteiger partial charge in [0.15, 0.2) is 0 Å². The van der Waals surface area contributed by atoms with Crippen molar-refractivity contribution in [2.75, 3.05) is 11.9 Å². The summed E-state index contributed by atoms with van der Waals surface area (Å²) < 4.78 is 0. The van der Waals surface area contributed by atoms with Gasteiger partial charge in [-0.25, -0.2) is 4.79 Å². The number of amides is 2. The highest BCUT2D eigenvalue weighted by molar-refractivity contribution is 5.89. The Morgan fingerprint density at radius 2 is 1.65 bits per heavy atom. The van der Waals surface area contributed by atoms with Crippen LogP contribution in [0.1, 0.15) is 44.9 Å². The van der Waals surface area contributed by atoms with Crippen molar-refractivity contribution in [2.45, 2.75) is 50.5 Å². The quantitative estimate of drug-likeness (QED) is 0.792. The summed E-state index contributed by atoms with van der Waals surface area (Å²) in [6.45, 7) is 0.509. The first-order chi connectivity index (χ1) is 9.74. The van der Waals surface area contributed by atoms with Crippen LogP contribution in [0.4, 0.5) is 10.5 Å². The molecule has 0 atom stereocenters. The first kappa shape index (κ1) is 14.9. The van der Waals surface area contributed by atoms with E-state index in [2.05, 4.69) is 10.6 Å². The Morgan fingerprint density at radius 3 is 2.25 bits per heavy atom. The summed E-state index contributed by atoms with van der Waals surface area (Å²) >= 11 is 0. The van der Waals surface area contributed by atoms with Crippen molar-refractivity contribution < 1.29 is 4.79 Å². The van der Waals surface area contributed by atoms with Gasteiger partial charge in [0.05, 0.1) is 5.54 Å². The van der Waals surface area contributed by atoms with Crippen LogP contribution in [0, 0.1) is 0 Å². The van der Waals surface area contributed by atoms with Crippen LogP contribution in [-0.4, -0.2) is 18.1 Å². The minimum Gasteiger partial charge on any atom is -0.331 e. The van der Waals surface area contributed by atoms with Crippen LogP contribution in [0.5, 0.6) is 0 Å². The van der Waals surface area contributed by atoms with Crippen molar-refractivity contribution in [2.24, 2.45) is 5.73 Å². The van der Waals surface area contributed by atoms with Crippen LogP contribution in [0.2, 0.25) is 0 Å². The summed E-state index contributed by atoms with van der Waals surface area (Å²) in [5, 5.41) is 6.00. The molecule has 1 fully saturated rings.